The van der Waals surface area contributed by atoms with Gasteiger partial charge in [0, 0.05) is 7.11 Å². The third-order valence-electron chi connectivity index (χ3n) is 3.17. The molecule has 0 unspecified atom stereocenters. The third-order valence-corrected chi connectivity index (χ3v) is 4.90. The van der Waals surface area contributed by atoms with Crippen molar-refractivity contribution in [3.05, 3.63) is 20.2 Å². The van der Waals surface area contributed by atoms with E-state index in [1.54, 1.807) is 7.11 Å². The Morgan fingerprint density at radius 2 is 2.12 bits per heavy atom. The molecule has 1 aromatic rings. The number of methoxy groups -OCH3 is 1. The number of hydrogen-bond acceptors (Lipinski definition) is 3. The van der Waals surface area contributed by atoms with E-state index >= 15 is 0 Å². The van der Waals surface area contributed by atoms with E-state index in [1.165, 1.54) is 6.42 Å². The molecule has 1 saturated carbocycles. The van der Waals surface area contributed by atoms with E-state index in [1.807, 2.05) is 0 Å². The first-order valence-corrected chi connectivity index (χ1v) is 6.86. The minimum Gasteiger partial charge on any atom is -0.370 e. The lowest BCUT2D eigenvalue weighted by Crippen LogP contribution is -2.38. The molecular formula is C11H14ClIN2O. The fraction of sp³-hybridized carbons (Fsp3) is 0.636. The number of rotatable bonds is 3. The molecule has 1 aromatic heterocycles. The van der Waals surface area contributed by atoms with Crippen LogP contribution in [0.25, 0.3) is 0 Å². The molecular weight excluding hydrogens is 338 g/mol. The van der Waals surface area contributed by atoms with Gasteiger partial charge in [0.25, 0.3) is 0 Å². The van der Waals surface area contributed by atoms with Gasteiger partial charge >= 0.3 is 0 Å². The lowest BCUT2D eigenvalue weighted by atomic mass is 9.79. The van der Waals surface area contributed by atoms with Crippen molar-refractivity contribution in [2.24, 2.45) is 0 Å². The van der Waals surface area contributed by atoms with Crippen molar-refractivity contribution in [3.8, 4) is 0 Å². The summed E-state index contributed by atoms with van der Waals surface area (Å²) in [6.45, 7) is 2.07. The van der Waals surface area contributed by atoms with E-state index in [2.05, 4.69) is 39.5 Å². The Kier molecular flexibility index (Phi) is 3.71. The molecule has 1 aliphatic carbocycles. The van der Waals surface area contributed by atoms with Gasteiger partial charge in [0.05, 0.1) is 9.26 Å². The quantitative estimate of drug-likeness (QED) is 0.618. The molecule has 0 aliphatic heterocycles. The predicted molar refractivity (Wildman–Crippen MR) is 71.7 cm³/mol. The summed E-state index contributed by atoms with van der Waals surface area (Å²) in [6.07, 6.45) is 4.02. The molecule has 0 N–H and O–H groups in total. The Labute approximate surface area is 114 Å². The van der Waals surface area contributed by atoms with Gasteiger partial charge in [-0.25, -0.2) is 9.97 Å². The summed E-state index contributed by atoms with van der Waals surface area (Å²) in [5, 5.41) is 0.547. The molecule has 88 valence electrons. The Bertz CT molecular complexity index is 402. The zero-order chi connectivity index (χ0) is 11.8. The number of hydrogen-bond donors (Lipinski definition) is 0. The van der Waals surface area contributed by atoms with E-state index in [0.29, 0.717) is 5.15 Å². The Balaban J connectivity index is 2.45. The summed E-state index contributed by atoms with van der Waals surface area (Å²) < 4.78 is 6.52. The molecule has 16 heavy (non-hydrogen) atoms. The first-order valence-electron chi connectivity index (χ1n) is 5.40. The van der Waals surface area contributed by atoms with Crippen LogP contribution in [0.4, 0.5) is 0 Å². The highest BCUT2D eigenvalue weighted by Crippen LogP contribution is 2.43. The Morgan fingerprint density at radius 1 is 1.44 bits per heavy atom. The number of halogens is 2. The van der Waals surface area contributed by atoms with Crippen LogP contribution in [0.5, 0.6) is 0 Å². The summed E-state index contributed by atoms with van der Waals surface area (Å²) >= 11 is 8.32. The van der Waals surface area contributed by atoms with Crippen LogP contribution in [0.1, 0.15) is 37.7 Å². The second kappa shape index (κ2) is 4.74. The predicted octanol–water partition coefficient (Wildman–Crippen LogP) is 3.32. The lowest BCUT2D eigenvalue weighted by molar-refractivity contribution is -0.0848. The van der Waals surface area contributed by atoms with Crippen LogP contribution in [-0.2, 0) is 16.8 Å². The zero-order valence-electron chi connectivity index (χ0n) is 9.39. The van der Waals surface area contributed by atoms with Crippen molar-refractivity contribution in [1.29, 1.82) is 0 Å². The normalized spacial score (nSPS) is 18.2. The third kappa shape index (κ3) is 1.95. The maximum atomic E-state index is 6.13. The van der Waals surface area contributed by atoms with Crippen molar-refractivity contribution in [1.82, 2.24) is 9.97 Å². The second-order valence-corrected chi connectivity index (χ2v) is 5.44. The van der Waals surface area contributed by atoms with Crippen LogP contribution in [-0.4, -0.2) is 17.1 Å². The van der Waals surface area contributed by atoms with Gasteiger partial charge < -0.3 is 4.74 Å². The SMILES string of the molecule is CCc1nc(C2(OC)CCC2)nc(Cl)c1I. The van der Waals surface area contributed by atoms with Gasteiger partial charge in [0.1, 0.15) is 10.8 Å². The lowest BCUT2D eigenvalue weighted by Gasteiger charge is -2.39. The summed E-state index contributed by atoms with van der Waals surface area (Å²) in [5.41, 5.74) is 0.733. The van der Waals surface area contributed by atoms with Crippen LogP contribution >= 0.6 is 34.2 Å². The van der Waals surface area contributed by atoms with Crippen molar-refractivity contribution in [2.75, 3.05) is 7.11 Å². The van der Waals surface area contributed by atoms with Gasteiger partial charge in [0.15, 0.2) is 5.82 Å². The molecule has 0 atom stereocenters. The minimum atomic E-state index is -0.280. The first-order chi connectivity index (χ1) is 7.63. The van der Waals surface area contributed by atoms with E-state index < -0.39 is 0 Å². The molecule has 3 nitrogen and oxygen atoms in total. The highest BCUT2D eigenvalue weighted by molar-refractivity contribution is 14.1. The van der Waals surface area contributed by atoms with Gasteiger partial charge in [-0.3, -0.25) is 0 Å². The van der Waals surface area contributed by atoms with Gasteiger partial charge in [-0.15, -0.1) is 0 Å². The van der Waals surface area contributed by atoms with Gasteiger partial charge in [-0.2, -0.15) is 0 Å². The number of aromatic nitrogens is 2. The van der Waals surface area contributed by atoms with Crippen molar-refractivity contribution in [2.45, 2.75) is 38.2 Å². The van der Waals surface area contributed by atoms with Crippen LogP contribution in [0.3, 0.4) is 0 Å². The van der Waals surface area contributed by atoms with Gasteiger partial charge in [-0.05, 0) is 48.3 Å². The largest absolute Gasteiger partial charge is 0.370 e. The zero-order valence-corrected chi connectivity index (χ0v) is 12.3. The summed E-state index contributed by atoms with van der Waals surface area (Å²) in [4.78, 5) is 8.96. The maximum absolute atomic E-state index is 6.13. The molecule has 1 heterocycles. The van der Waals surface area contributed by atoms with Gasteiger partial charge in [-0.1, -0.05) is 18.5 Å². The van der Waals surface area contributed by atoms with Crippen molar-refractivity contribution < 1.29 is 4.74 Å². The standard InChI is InChI=1S/C11H14ClIN2O/c1-3-7-8(13)9(12)15-10(14-7)11(16-2)5-4-6-11/h3-6H2,1-2H3. The Hall–Kier alpha value is 0.0600. The highest BCUT2D eigenvalue weighted by Gasteiger charge is 2.42. The molecule has 0 amide bonds. The number of nitrogens with zero attached hydrogens (tertiary/aromatic N) is 2. The average Bonchev–Trinajstić information content (AvgIpc) is 2.22. The van der Waals surface area contributed by atoms with Crippen LogP contribution < -0.4 is 0 Å². The van der Waals surface area contributed by atoms with Gasteiger partial charge in [0.2, 0.25) is 0 Å². The van der Waals surface area contributed by atoms with Crippen molar-refractivity contribution >= 4 is 34.2 Å². The molecule has 2 rings (SSSR count). The molecule has 5 heteroatoms. The highest BCUT2D eigenvalue weighted by atomic mass is 127. The maximum Gasteiger partial charge on any atom is 0.162 e. The topological polar surface area (TPSA) is 35.0 Å². The first kappa shape index (κ1) is 12.5. The molecule has 1 fully saturated rings. The van der Waals surface area contributed by atoms with Crippen molar-refractivity contribution in [3.63, 3.8) is 0 Å². The average molecular weight is 353 g/mol. The molecule has 0 bridgehead atoms. The number of ether oxygens (including phenoxy) is 1. The van der Waals surface area contributed by atoms with E-state index in [0.717, 1.165) is 34.4 Å². The number of aryl methyl sites for hydroxylation is 1. The summed E-state index contributed by atoms with van der Waals surface area (Å²) in [6, 6.07) is 0. The Morgan fingerprint density at radius 3 is 2.56 bits per heavy atom. The van der Waals surface area contributed by atoms with Crippen LogP contribution in [0, 0.1) is 3.57 Å². The van der Waals surface area contributed by atoms with Crippen LogP contribution in [0.15, 0.2) is 0 Å². The van der Waals surface area contributed by atoms with Crippen LogP contribution in [0.2, 0.25) is 5.15 Å². The monoisotopic (exact) mass is 352 g/mol. The van der Waals surface area contributed by atoms with E-state index in [-0.39, 0.29) is 5.60 Å². The summed E-state index contributed by atoms with van der Waals surface area (Å²) in [5.74, 6) is 0.753. The summed E-state index contributed by atoms with van der Waals surface area (Å²) in [7, 11) is 1.72. The molecule has 0 saturated heterocycles. The van der Waals surface area contributed by atoms with E-state index in [4.69, 9.17) is 16.3 Å². The molecule has 0 radical (unpaired) electrons. The minimum absolute atomic E-state index is 0.280. The smallest absolute Gasteiger partial charge is 0.162 e. The fourth-order valence-electron chi connectivity index (χ4n) is 1.92. The second-order valence-electron chi connectivity index (χ2n) is 4.00. The van der Waals surface area contributed by atoms with E-state index in [9.17, 15) is 0 Å². The molecule has 0 aromatic carbocycles. The fourth-order valence-corrected chi connectivity index (χ4v) is 2.73. The molecule has 1 aliphatic rings. The molecule has 0 spiro atoms.